The first kappa shape index (κ1) is 12.2. The highest BCUT2D eigenvalue weighted by Crippen LogP contribution is 2.17. The molecule has 0 spiro atoms. The molecule has 20 heavy (non-hydrogen) atoms. The number of rotatable bonds is 1. The standard InChI is InChI=1S/C12H10.C5H5N3/c1-3-7-11(8-4-1)12-9-5-2-6-10-12;1-4-2-7-8-5(4)3-6-1/h1-10H;1-3,7-8H. The Bertz CT molecular complexity index is 628. The Kier molecular flexibility index (Phi) is 3.60. The molecule has 2 heterocycles. The minimum absolute atomic E-state index is 1.06. The minimum atomic E-state index is 1.06. The highest BCUT2D eigenvalue weighted by molar-refractivity contribution is 5.62. The number of nitrogens with one attached hydrogen (secondary N) is 2. The molecule has 0 saturated carbocycles. The second kappa shape index (κ2) is 5.89. The van der Waals surface area contributed by atoms with Gasteiger partial charge in [0.1, 0.15) is 0 Å². The molecule has 0 atom stereocenters. The van der Waals surface area contributed by atoms with E-state index < -0.39 is 0 Å². The third-order valence-corrected chi connectivity index (χ3v) is 3.04. The fraction of sp³-hybridized carbons (Fsp3) is 0. The van der Waals surface area contributed by atoms with Crippen molar-refractivity contribution in [2.75, 3.05) is 0 Å². The third kappa shape index (κ3) is 2.78. The Morgan fingerprint density at radius 3 is 1.80 bits per heavy atom. The zero-order chi connectivity index (χ0) is 13.6. The Morgan fingerprint density at radius 1 is 0.650 bits per heavy atom. The van der Waals surface area contributed by atoms with Gasteiger partial charge in [-0.05, 0) is 11.1 Å². The molecule has 2 aromatic rings. The molecule has 4 rings (SSSR count). The molecular weight excluding hydrogens is 246 g/mol. The summed E-state index contributed by atoms with van der Waals surface area (Å²) in [5.74, 6) is 0. The molecule has 0 aromatic heterocycles. The molecule has 2 aliphatic rings. The van der Waals surface area contributed by atoms with E-state index in [9.17, 15) is 0 Å². The molecule has 0 saturated heterocycles. The van der Waals surface area contributed by atoms with Crippen LogP contribution in [0.15, 0.2) is 79.3 Å². The molecule has 0 fully saturated rings. The lowest BCUT2D eigenvalue weighted by Crippen LogP contribution is -1.73. The van der Waals surface area contributed by atoms with Crippen molar-refractivity contribution >= 4 is 0 Å². The fourth-order valence-electron chi connectivity index (χ4n) is 2.01. The van der Waals surface area contributed by atoms with Gasteiger partial charge >= 0.3 is 0 Å². The van der Waals surface area contributed by atoms with E-state index in [1.54, 1.807) is 6.20 Å². The van der Waals surface area contributed by atoms with E-state index in [4.69, 9.17) is 0 Å². The molecule has 0 aliphatic carbocycles. The maximum Gasteiger partial charge on any atom is 0.0825 e. The Balaban J connectivity index is 0.000000131. The van der Waals surface area contributed by atoms with Crippen LogP contribution >= 0.6 is 0 Å². The number of hydrogen-bond donors (Lipinski definition) is 2. The molecule has 0 amide bonds. The van der Waals surface area contributed by atoms with Crippen molar-refractivity contribution in [1.29, 1.82) is 0 Å². The van der Waals surface area contributed by atoms with Gasteiger partial charge in [-0.1, -0.05) is 60.7 Å². The van der Waals surface area contributed by atoms with E-state index in [0.29, 0.717) is 0 Å². The van der Waals surface area contributed by atoms with Crippen molar-refractivity contribution in [3.05, 3.63) is 79.3 Å². The van der Waals surface area contributed by atoms with Crippen LogP contribution in [0.5, 0.6) is 0 Å². The maximum absolute atomic E-state index is 3.91. The van der Waals surface area contributed by atoms with Crippen LogP contribution in [0, 0.1) is 0 Å². The van der Waals surface area contributed by atoms with Crippen LogP contribution in [0.4, 0.5) is 0 Å². The van der Waals surface area contributed by atoms with Gasteiger partial charge in [-0.3, -0.25) is 10.1 Å². The van der Waals surface area contributed by atoms with Crippen LogP contribution in [-0.2, 0) is 0 Å². The van der Waals surface area contributed by atoms with Gasteiger partial charge in [0.2, 0.25) is 0 Å². The first-order chi connectivity index (χ1) is 9.93. The summed E-state index contributed by atoms with van der Waals surface area (Å²) in [6, 6.07) is 20.8. The Labute approximate surface area is 117 Å². The number of nitrogens with zero attached hydrogens (tertiary/aromatic N) is 1. The van der Waals surface area contributed by atoms with E-state index in [0.717, 1.165) is 11.3 Å². The highest BCUT2D eigenvalue weighted by atomic mass is 15.1. The van der Waals surface area contributed by atoms with E-state index >= 15 is 0 Å². The summed E-state index contributed by atoms with van der Waals surface area (Å²) < 4.78 is 0. The van der Waals surface area contributed by atoms with Gasteiger partial charge in [0.05, 0.1) is 11.9 Å². The van der Waals surface area contributed by atoms with Gasteiger partial charge in [0, 0.05) is 18.0 Å². The van der Waals surface area contributed by atoms with Gasteiger partial charge in [-0.2, -0.15) is 0 Å². The van der Waals surface area contributed by atoms with Gasteiger partial charge < -0.3 is 5.10 Å². The average Bonchev–Trinajstić information content (AvgIpc) is 3.14. The molecule has 0 radical (unpaired) electrons. The number of H-pyrrole nitrogens is 2. The van der Waals surface area contributed by atoms with Gasteiger partial charge in [0.25, 0.3) is 0 Å². The topological polar surface area (TPSA) is 44.5 Å². The number of hydrogen-bond acceptors (Lipinski definition) is 1. The normalized spacial score (nSPS) is 10.0. The van der Waals surface area contributed by atoms with Crippen LogP contribution in [0.2, 0.25) is 0 Å². The molecule has 2 aliphatic heterocycles. The summed E-state index contributed by atoms with van der Waals surface area (Å²) in [6.07, 6.45) is 5.47. The zero-order valence-electron chi connectivity index (χ0n) is 11.0. The zero-order valence-corrected chi connectivity index (χ0v) is 11.0. The van der Waals surface area contributed by atoms with Crippen LogP contribution in [0.1, 0.15) is 0 Å². The van der Waals surface area contributed by atoms with Gasteiger partial charge in [-0.25, -0.2) is 0 Å². The first-order valence-electron chi connectivity index (χ1n) is 6.49. The lowest BCUT2D eigenvalue weighted by atomic mass is 10.1. The van der Waals surface area contributed by atoms with Crippen molar-refractivity contribution in [1.82, 2.24) is 15.2 Å². The van der Waals surface area contributed by atoms with Crippen molar-refractivity contribution in [2.24, 2.45) is 0 Å². The molecule has 0 bridgehead atoms. The van der Waals surface area contributed by atoms with E-state index in [2.05, 4.69) is 63.7 Å². The Morgan fingerprint density at radius 2 is 1.25 bits per heavy atom. The molecule has 3 heteroatoms. The maximum atomic E-state index is 3.91. The van der Waals surface area contributed by atoms with E-state index in [-0.39, 0.29) is 0 Å². The van der Waals surface area contributed by atoms with Crippen LogP contribution in [0.25, 0.3) is 22.4 Å². The van der Waals surface area contributed by atoms with Crippen LogP contribution < -0.4 is 0 Å². The number of aromatic amines is 2. The van der Waals surface area contributed by atoms with Crippen molar-refractivity contribution < 1.29 is 0 Å². The second-order valence-corrected chi connectivity index (χ2v) is 4.42. The van der Waals surface area contributed by atoms with Crippen molar-refractivity contribution in [2.45, 2.75) is 0 Å². The fourth-order valence-corrected chi connectivity index (χ4v) is 2.01. The first-order valence-corrected chi connectivity index (χ1v) is 6.49. The lowest BCUT2D eigenvalue weighted by Gasteiger charge is -1.98. The number of aromatic nitrogens is 3. The minimum Gasteiger partial charge on any atom is -0.307 e. The van der Waals surface area contributed by atoms with Crippen molar-refractivity contribution in [3.8, 4) is 22.4 Å². The predicted octanol–water partition coefficient (Wildman–Crippen LogP) is 4.20. The monoisotopic (exact) mass is 261 g/mol. The highest BCUT2D eigenvalue weighted by Gasteiger charge is 1.99. The second-order valence-electron chi connectivity index (χ2n) is 4.42. The summed E-state index contributed by atoms with van der Waals surface area (Å²) in [5.41, 5.74) is 4.74. The van der Waals surface area contributed by atoms with E-state index in [1.165, 1.54) is 11.1 Å². The molecule has 98 valence electrons. The summed E-state index contributed by atoms with van der Waals surface area (Å²) in [5, 5.41) is 5.76. The molecular formula is C17H15N3. The SMILES string of the molecule is c1ccc(-c2ccccc2)cc1.c1ncc2[nH][nH]cc1-2. The van der Waals surface area contributed by atoms with Gasteiger partial charge in [-0.15, -0.1) is 0 Å². The average molecular weight is 261 g/mol. The molecule has 2 aromatic carbocycles. The lowest BCUT2D eigenvalue weighted by molar-refractivity contribution is 1.10. The number of fused-ring (bicyclic) bond motifs is 1. The van der Waals surface area contributed by atoms with Crippen molar-refractivity contribution in [3.63, 3.8) is 0 Å². The Hall–Kier alpha value is -2.81. The summed E-state index contributed by atoms with van der Waals surface area (Å²) in [4.78, 5) is 3.91. The molecule has 0 unspecified atom stereocenters. The molecule has 2 N–H and O–H groups in total. The third-order valence-electron chi connectivity index (χ3n) is 3.04. The van der Waals surface area contributed by atoms with E-state index in [1.807, 2.05) is 24.5 Å². The van der Waals surface area contributed by atoms with Crippen LogP contribution in [0.3, 0.4) is 0 Å². The summed E-state index contributed by atoms with van der Waals surface area (Å²) >= 11 is 0. The van der Waals surface area contributed by atoms with Crippen LogP contribution in [-0.4, -0.2) is 15.2 Å². The summed E-state index contributed by atoms with van der Waals surface area (Å²) in [7, 11) is 0. The predicted molar refractivity (Wildman–Crippen MR) is 81.4 cm³/mol. The number of benzene rings is 2. The summed E-state index contributed by atoms with van der Waals surface area (Å²) in [6.45, 7) is 0. The molecule has 3 nitrogen and oxygen atoms in total. The largest absolute Gasteiger partial charge is 0.307 e. The van der Waals surface area contributed by atoms with Gasteiger partial charge in [0.15, 0.2) is 0 Å². The quantitative estimate of drug-likeness (QED) is 0.530. The smallest absolute Gasteiger partial charge is 0.0825 e.